The number of rotatable bonds is 3. The van der Waals surface area contributed by atoms with Gasteiger partial charge in [0, 0.05) is 17.2 Å². The molecule has 0 amide bonds. The zero-order valence-corrected chi connectivity index (χ0v) is 10.0. The Balaban J connectivity index is 3.04. The SMILES string of the molecule is C=C(C)C(=O)OC(C)(C)c1ccc(F)cc1F. The van der Waals surface area contributed by atoms with E-state index in [2.05, 4.69) is 6.58 Å². The Kier molecular flexibility index (Phi) is 3.66. The van der Waals surface area contributed by atoms with Gasteiger partial charge in [-0.1, -0.05) is 6.58 Å². The van der Waals surface area contributed by atoms with E-state index in [0.717, 1.165) is 12.1 Å². The lowest BCUT2D eigenvalue weighted by Crippen LogP contribution is -2.27. The van der Waals surface area contributed by atoms with Gasteiger partial charge in [-0.2, -0.15) is 0 Å². The van der Waals surface area contributed by atoms with Crippen molar-refractivity contribution in [3.8, 4) is 0 Å². The Hall–Kier alpha value is -1.71. The summed E-state index contributed by atoms with van der Waals surface area (Å²) in [5.41, 5.74) is -0.831. The highest BCUT2D eigenvalue weighted by atomic mass is 19.1. The Morgan fingerprint density at radius 3 is 2.41 bits per heavy atom. The van der Waals surface area contributed by atoms with Gasteiger partial charge in [0.1, 0.15) is 17.2 Å². The fourth-order valence-electron chi connectivity index (χ4n) is 1.35. The van der Waals surface area contributed by atoms with E-state index in [4.69, 9.17) is 4.74 Å². The third kappa shape index (κ3) is 3.12. The first-order chi connectivity index (χ1) is 7.74. The van der Waals surface area contributed by atoms with Crippen molar-refractivity contribution < 1.29 is 18.3 Å². The van der Waals surface area contributed by atoms with Crippen LogP contribution in [-0.2, 0) is 15.1 Å². The van der Waals surface area contributed by atoms with E-state index in [1.165, 1.54) is 26.8 Å². The highest BCUT2D eigenvalue weighted by Gasteiger charge is 2.28. The minimum absolute atomic E-state index is 0.119. The minimum atomic E-state index is -1.17. The van der Waals surface area contributed by atoms with Crippen LogP contribution < -0.4 is 0 Å². The van der Waals surface area contributed by atoms with Gasteiger partial charge in [-0.3, -0.25) is 0 Å². The van der Waals surface area contributed by atoms with E-state index in [-0.39, 0.29) is 11.1 Å². The molecular weight excluding hydrogens is 226 g/mol. The molecule has 0 fully saturated rings. The van der Waals surface area contributed by atoms with E-state index in [0.29, 0.717) is 0 Å². The molecule has 0 bridgehead atoms. The number of carbonyl (C=O) groups is 1. The van der Waals surface area contributed by atoms with Gasteiger partial charge in [0.2, 0.25) is 0 Å². The molecule has 0 aliphatic heterocycles. The predicted molar refractivity (Wildman–Crippen MR) is 60.3 cm³/mol. The first kappa shape index (κ1) is 13.4. The average molecular weight is 240 g/mol. The predicted octanol–water partition coefficient (Wildman–Crippen LogP) is 3.32. The Morgan fingerprint density at radius 1 is 1.35 bits per heavy atom. The number of hydrogen-bond donors (Lipinski definition) is 0. The van der Waals surface area contributed by atoms with Gasteiger partial charge < -0.3 is 4.74 Å². The van der Waals surface area contributed by atoms with Crippen LogP contribution in [0.2, 0.25) is 0 Å². The minimum Gasteiger partial charge on any atom is -0.451 e. The van der Waals surface area contributed by atoms with E-state index < -0.39 is 23.2 Å². The maximum absolute atomic E-state index is 13.5. The first-order valence-corrected chi connectivity index (χ1v) is 5.08. The fourth-order valence-corrected chi connectivity index (χ4v) is 1.35. The second-order valence-electron chi connectivity index (χ2n) is 4.30. The number of halogens is 2. The second kappa shape index (κ2) is 4.65. The van der Waals surface area contributed by atoms with E-state index >= 15 is 0 Å². The van der Waals surface area contributed by atoms with E-state index in [1.54, 1.807) is 0 Å². The first-order valence-electron chi connectivity index (χ1n) is 5.08. The summed E-state index contributed by atoms with van der Waals surface area (Å²) in [6, 6.07) is 3.14. The molecule has 1 aromatic carbocycles. The third-order valence-electron chi connectivity index (χ3n) is 2.28. The van der Waals surface area contributed by atoms with Gasteiger partial charge in [0.05, 0.1) is 0 Å². The molecule has 92 valence electrons. The lowest BCUT2D eigenvalue weighted by Gasteiger charge is -2.26. The normalized spacial score (nSPS) is 11.1. The summed E-state index contributed by atoms with van der Waals surface area (Å²) in [5.74, 6) is -2.03. The van der Waals surface area contributed by atoms with Gasteiger partial charge in [-0.15, -0.1) is 0 Å². The molecule has 17 heavy (non-hydrogen) atoms. The number of carbonyl (C=O) groups excluding carboxylic acids is 1. The molecular formula is C13H14F2O2. The van der Waals surface area contributed by atoms with Crippen LogP contribution in [0.15, 0.2) is 30.4 Å². The van der Waals surface area contributed by atoms with Crippen LogP contribution in [0.1, 0.15) is 26.3 Å². The Labute approximate surface area is 98.9 Å². The average Bonchev–Trinajstić information content (AvgIpc) is 2.15. The van der Waals surface area contributed by atoms with Crippen molar-refractivity contribution >= 4 is 5.97 Å². The topological polar surface area (TPSA) is 26.3 Å². The maximum Gasteiger partial charge on any atom is 0.333 e. The summed E-state index contributed by atoms with van der Waals surface area (Å²) in [4.78, 5) is 11.4. The van der Waals surface area contributed by atoms with Gasteiger partial charge >= 0.3 is 5.97 Å². The molecule has 0 aromatic heterocycles. The van der Waals surface area contributed by atoms with Crippen molar-refractivity contribution in [1.82, 2.24) is 0 Å². The molecule has 0 heterocycles. The number of hydrogen-bond acceptors (Lipinski definition) is 2. The van der Waals surface area contributed by atoms with Crippen molar-refractivity contribution in [2.24, 2.45) is 0 Å². The number of benzene rings is 1. The molecule has 0 radical (unpaired) electrons. The van der Waals surface area contributed by atoms with Gasteiger partial charge in [0.15, 0.2) is 0 Å². The highest BCUT2D eigenvalue weighted by Crippen LogP contribution is 2.28. The molecule has 4 heteroatoms. The summed E-state index contributed by atoms with van der Waals surface area (Å²) in [7, 11) is 0. The van der Waals surface area contributed by atoms with Crippen LogP contribution in [0.25, 0.3) is 0 Å². The number of esters is 1. The molecule has 0 atom stereocenters. The summed E-state index contributed by atoms with van der Waals surface area (Å²) >= 11 is 0. The summed E-state index contributed by atoms with van der Waals surface area (Å²) in [6.45, 7) is 8.00. The molecule has 1 rings (SSSR count). The molecule has 0 saturated carbocycles. The Bertz CT molecular complexity index is 464. The van der Waals surface area contributed by atoms with Crippen molar-refractivity contribution in [1.29, 1.82) is 0 Å². The van der Waals surface area contributed by atoms with Crippen LogP contribution in [0.4, 0.5) is 8.78 Å². The summed E-state index contributed by atoms with van der Waals surface area (Å²) in [5, 5.41) is 0. The second-order valence-corrected chi connectivity index (χ2v) is 4.30. The molecule has 0 aliphatic rings. The third-order valence-corrected chi connectivity index (χ3v) is 2.28. The van der Waals surface area contributed by atoms with Crippen molar-refractivity contribution in [2.75, 3.05) is 0 Å². The van der Waals surface area contributed by atoms with E-state index in [1.807, 2.05) is 0 Å². The molecule has 0 aliphatic carbocycles. The van der Waals surface area contributed by atoms with Gasteiger partial charge in [0.25, 0.3) is 0 Å². The lowest BCUT2D eigenvalue weighted by atomic mass is 9.97. The molecule has 1 aromatic rings. The maximum atomic E-state index is 13.5. The van der Waals surface area contributed by atoms with Crippen molar-refractivity contribution in [2.45, 2.75) is 26.4 Å². The zero-order valence-electron chi connectivity index (χ0n) is 10.0. The summed E-state index contributed by atoms with van der Waals surface area (Å²) in [6.07, 6.45) is 0. The fraction of sp³-hybridized carbons (Fsp3) is 0.308. The van der Waals surface area contributed by atoms with Crippen molar-refractivity contribution in [3.63, 3.8) is 0 Å². The standard InChI is InChI=1S/C13H14F2O2/c1-8(2)12(16)17-13(3,4)10-6-5-9(14)7-11(10)15/h5-7H,1H2,2-4H3. The largest absolute Gasteiger partial charge is 0.451 e. The van der Waals surface area contributed by atoms with Crippen LogP contribution in [0, 0.1) is 11.6 Å². The molecule has 0 unspecified atom stereocenters. The summed E-state index contributed by atoms with van der Waals surface area (Å²) < 4.78 is 31.4. The monoisotopic (exact) mass is 240 g/mol. The molecule has 0 saturated heterocycles. The quantitative estimate of drug-likeness (QED) is 0.598. The zero-order chi connectivity index (χ0) is 13.2. The van der Waals surface area contributed by atoms with Crippen LogP contribution >= 0.6 is 0 Å². The van der Waals surface area contributed by atoms with Crippen LogP contribution in [0.3, 0.4) is 0 Å². The van der Waals surface area contributed by atoms with Crippen LogP contribution in [0.5, 0.6) is 0 Å². The van der Waals surface area contributed by atoms with Crippen LogP contribution in [-0.4, -0.2) is 5.97 Å². The lowest BCUT2D eigenvalue weighted by molar-refractivity contribution is -0.152. The Morgan fingerprint density at radius 2 is 1.94 bits per heavy atom. The molecule has 0 spiro atoms. The molecule has 0 N–H and O–H groups in total. The number of ether oxygens (including phenoxy) is 1. The smallest absolute Gasteiger partial charge is 0.333 e. The van der Waals surface area contributed by atoms with Gasteiger partial charge in [-0.25, -0.2) is 13.6 Å². The highest BCUT2D eigenvalue weighted by molar-refractivity contribution is 5.87. The van der Waals surface area contributed by atoms with Gasteiger partial charge in [-0.05, 0) is 32.9 Å². The van der Waals surface area contributed by atoms with Crippen molar-refractivity contribution in [3.05, 3.63) is 47.5 Å². The molecule has 2 nitrogen and oxygen atoms in total. The van der Waals surface area contributed by atoms with E-state index in [9.17, 15) is 13.6 Å².